The highest BCUT2D eigenvalue weighted by molar-refractivity contribution is 5.39. The highest BCUT2D eigenvalue weighted by Crippen LogP contribution is 2.42. The van der Waals surface area contributed by atoms with Gasteiger partial charge in [0.2, 0.25) is 0 Å². The van der Waals surface area contributed by atoms with Gasteiger partial charge in [-0.25, -0.2) is 0 Å². The zero-order valence-electron chi connectivity index (χ0n) is 9.26. The van der Waals surface area contributed by atoms with E-state index in [0.29, 0.717) is 6.61 Å². The Hall–Kier alpha value is -1.03. The topological polar surface area (TPSA) is 9.23 Å². The van der Waals surface area contributed by atoms with Gasteiger partial charge in [0.1, 0.15) is 0 Å². The van der Waals surface area contributed by atoms with Gasteiger partial charge >= 0.3 is 6.18 Å². The largest absolute Gasteiger partial charge is 0.416 e. The highest BCUT2D eigenvalue weighted by atomic mass is 19.4. The van der Waals surface area contributed by atoms with Gasteiger partial charge in [-0.3, -0.25) is 0 Å². The predicted octanol–water partition coefficient (Wildman–Crippen LogP) is 3.52. The Bertz CT molecular complexity index is 439. The fourth-order valence-electron chi connectivity index (χ4n) is 2.93. The SMILES string of the molecule is FC(F)(F)c1ccc2c(c1)[C@H]1CCO[C@H]1CC2. The van der Waals surface area contributed by atoms with Gasteiger partial charge in [-0.1, -0.05) is 6.07 Å². The Morgan fingerprint density at radius 1 is 1.18 bits per heavy atom. The fraction of sp³-hybridized carbons (Fsp3) is 0.538. The van der Waals surface area contributed by atoms with Gasteiger partial charge < -0.3 is 4.74 Å². The van der Waals surface area contributed by atoms with Crippen molar-refractivity contribution in [1.29, 1.82) is 0 Å². The van der Waals surface area contributed by atoms with Crippen molar-refractivity contribution in [3.63, 3.8) is 0 Å². The predicted molar refractivity (Wildman–Crippen MR) is 56.9 cm³/mol. The van der Waals surface area contributed by atoms with Gasteiger partial charge in [-0.05, 0) is 42.5 Å². The Labute approximate surface area is 97.6 Å². The molecule has 0 aromatic heterocycles. The summed E-state index contributed by atoms with van der Waals surface area (Å²) in [4.78, 5) is 0. The van der Waals surface area contributed by atoms with Crippen LogP contribution in [-0.2, 0) is 17.3 Å². The van der Waals surface area contributed by atoms with Gasteiger partial charge in [0.15, 0.2) is 0 Å². The number of aryl methyl sites for hydroxylation is 1. The zero-order chi connectivity index (χ0) is 12.0. The Morgan fingerprint density at radius 2 is 2.00 bits per heavy atom. The first kappa shape index (κ1) is 11.1. The maximum absolute atomic E-state index is 12.7. The number of hydrogen-bond donors (Lipinski definition) is 0. The van der Waals surface area contributed by atoms with E-state index in [-0.39, 0.29) is 12.0 Å². The van der Waals surface area contributed by atoms with E-state index >= 15 is 0 Å². The number of fused-ring (bicyclic) bond motifs is 3. The van der Waals surface area contributed by atoms with Gasteiger partial charge in [0, 0.05) is 12.5 Å². The van der Waals surface area contributed by atoms with Gasteiger partial charge in [0.05, 0.1) is 11.7 Å². The van der Waals surface area contributed by atoms with E-state index in [0.717, 1.165) is 30.4 Å². The molecule has 0 radical (unpaired) electrons. The Kier molecular flexibility index (Phi) is 2.43. The van der Waals surface area contributed by atoms with Crippen molar-refractivity contribution in [1.82, 2.24) is 0 Å². The van der Waals surface area contributed by atoms with E-state index < -0.39 is 11.7 Å². The maximum Gasteiger partial charge on any atom is 0.416 e. The number of hydrogen-bond acceptors (Lipinski definition) is 1. The third kappa shape index (κ3) is 1.84. The molecule has 1 nitrogen and oxygen atoms in total. The summed E-state index contributed by atoms with van der Waals surface area (Å²) in [6.45, 7) is 0.672. The third-order valence-corrected chi connectivity index (χ3v) is 3.78. The van der Waals surface area contributed by atoms with Crippen LogP contribution in [0.2, 0.25) is 0 Å². The van der Waals surface area contributed by atoms with Crippen molar-refractivity contribution in [2.45, 2.75) is 37.5 Å². The summed E-state index contributed by atoms with van der Waals surface area (Å²) >= 11 is 0. The second-order valence-corrected chi connectivity index (χ2v) is 4.75. The lowest BCUT2D eigenvalue weighted by Gasteiger charge is -2.27. The van der Waals surface area contributed by atoms with Crippen molar-refractivity contribution in [3.8, 4) is 0 Å². The van der Waals surface area contributed by atoms with Crippen molar-refractivity contribution < 1.29 is 17.9 Å². The molecule has 0 bridgehead atoms. The van der Waals surface area contributed by atoms with E-state index in [4.69, 9.17) is 4.74 Å². The lowest BCUT2D eigenvalue weighted by atomic mass is 9.80. The van der Waals surface area contributed by atoms with Crippen LogP contribution in [0.25, 0.3) is 0 Å². The minimum Gasteiger partial charge on any atom is -0.378 e. The normalized spacial score (nSPS) is 27.7. The molecule has 3 rings (SSSR count). The summed E-state index contributed by atoms with van der Waals surface area (Å²) in [5, 5.41) is 0. The maximum atomic E-state index is 12.7. The molecule has 2 aliphatic rings. The molecule has 4 heteroatoms. The van der Waals surface area contributed by atoms with Crippen LogP contribution in [0.5, 0.6) is 0 Å². The monoisotopic (exact) mass is 242 g/mol. The second kappa shape index (κ2) is 3.73. The number of benzene rings is 1. The molecule has 1 aromatic rings. The number of ether oxygens (including phenoxy) is 1. The summed E-state index contributed by atoms with van der Waals surface area (Å²) in [6.07, 6.45) is -1.51. The van der Waals surface area contributed by atoms with E-state index in [1.54, 1.807) is 6.07 Å². The van der Waals surface area contributed by atoms with Crippen LogP contribution in [0.4, 0.5) is 13.2 Å². The Balaban J connectivity index is 2.04. The molecule has 0 N–H and O–H groups in total. The average molecular weight is 242 g/mol. The van der Waals surface area contributed by atoms with Crippen molar-refractivity contribution >= 4 is 0 Å². The molecule has 1 aliphatic carbocycles. The van der Waals surface area contributed by atoms with Crippen LogP contribution in [-0.4, -0.2) is 12.7 Å². The fourth-order valence-corrected chi connectivity index (χ4v) is 2.93. The van der Waals surface area contributed by atoms with Gasteiger partial charge in [-0.15, -0.1) is 0 Å². The molecule has 0 amide bonds. The van der Waals surface area contributed by atoms with Crippen LogP contribution < -0.4 is 0 Å². The molecule has 1 heterocycles. The average Bonchev–Trinajstić information content (AvgIpc) is 2.75. The summed E-state index contributed by atoms with van der Waals surface area (Å²) < 4.78 is 43.6. The van der Waals surface area contributed by atoms with E-state index in [2.05, 4.69) is 0 Å². The lowest BCUT2D eigenvalue weighted by molar-refractivity contribution is -0.137. The first-order chi connectivity index (χ1) is 8.05. The minimum absolute atomic E-state index is 0.131. The quantitative estimate of drug-likeness (QED) is 0.676. The molecule has 0 spiro atoms. The zero-order valence-corrected chi connectivity index (χ0v) is 9.26. The second-order valence-electron chi connectivity index (χ2n) is 4.75. The number of rotatable bonds is 0. The molecule has 2 atom stereocenters. The summed E-state index contributed by atoms with van der Waals surface area (Å²) in [5.74, 6) is 0.168. The molecular weight excluding hydrogens is 229 g/mol. The summed E-state index contributed by atoms with van der Waals surface area (Å²) in [6, 6.07) is 4.14. The van der Waals surface area contributed by atoms with Crippen LogP contribution in [0.1, 0.15) is 35.4 Å². The standard InChI is InChI=1S/C13H13F3O/c14-13(15,16)9-3-1-8-2-4-12-10(5-6-17-12)11(8)7-9/h1,3,7,10,12H,2,4-6H2/t10-,12+/m1/s1. The summed E-state index contributed by atoms with van der Waals surface area (Å²) in [5.41, 5.74) is 1.38. The van der Waals surface area contributed by atoms with Crippen molar-refractivity contribution in [2.75, 3.05) is 6.61 Å². The van der Waals surface area contributed by atoms with E-state index in [9.17, 15) is 13.2 Å². The first-order valence-electron chi connectivity index (χ1n) is 5.87. The molecule has 92 valence electrons. The molecular formula is C13H13F3O. The molecule has 1 fully saturated rings. The molecule has 0 unspecified atom stereocenters. The van der Waals surface area contributed by atoms with Crippen LogP contribution in [0, 0.1) is 0 Å². The van der Waals surface area contributed by atoms with Crippen LogP contribution >= 0.6 is 0 Å². The van der Waals surface area contributed by atoms with Gasteiger partial charge in [-0.2, -0.15) is 13.2 Å². The van der Waals surface area contributed by atoms with E-state index in [1.807, 2.05) is 0 Å². The van der Waals surface area contributed by atoms with Crippen LogP contribution in [0.3, 0.4) is 0 Å². The number of alkyl halides is 3. The number of halogens is 3. The first-order valence-corrected chi connectivity index (χ1v) is 5.87. The van der Waals surface area contributed by atoms with Gasteiger partial charge in [0.25, 0.3) is 0 Å². The smallest absolute Gasteiger partial charge is 0.378 e. The highest BCUT2D eigenvalue weighted by Gasteiger charge is 2.37. The van der Waals surface area contributed by atoms with Crippen LogP contribution in [0.15, 0.2) is 18.2 Å². The molecule has 1 aliphatic heterocycles. The van der Waals surface area contributed by atoms with E-state index in [1.165, 1.54) is 12.1 Å². The third-order valence-electron chi connectivity index (χ3n) is 3.78. The summed E-state index contributed by atoms with van der Waals surface area (Å²) in [7, 11) is 0. The molecule has 0 saturated carbocycles. The lowest BCUT2D eigenvalue weighted by Crippen LogP contribution is -2.22. The minimum atomic E-state index is -4.25. The Morgan fingerprint density at radius 3 is 2.76 bits per heavy atom. The molecule has 17 heavy (non-hydrogen) atoms. The van der Waals surface area contributed by atoms with Crippen molar-refractivity contribution in [2.24, 2.45) is 0 Å². The molecule has 1 saturated heterocycles. The van der Waals surface area contributed by atoms with Crippen molar-refractivity contribution in [3.05, 3.63) is 34.9 Å². The molecule has 1 aromatic carbocycles.